The number of hydrogen-bond donors (Lipinski definition) is 1. The van der Waals surface area contributed by atoms with Gasteiger partial charge in [-0.15, -0.1) is 0 Å². The second-order valence-electron chi connectivity index (χ2n) is 6.97. The Morgan fingerprint density at radius 1 is 0.833 bits per heavy atom. The first-order chi connectivity index (χ1) is 8.30. The summed E-state index contributed by atoms with van der Waals surface area (Å²) in [6, 6.07) is 0.415. The summed E-state index contributed by atoms with van der Waals surface area (Å²) in [5.74, 6) is 0. The minimum absolute atomic E-state index is 0.415. The van der Waals surface area contributed by atoms with Gasteiger partial charge in [0.05, 0.1) is 0 Å². The van der Waals surface area contributed by atoms with Crippen LogP contribution in [0.2, 0.25) is 16.6 Å². The molecule has 0 aromatic heterocycles. The molecule has 1 aliphatic carbocycles. The predicted molar refractivity (Wildman–Crippen MR) is 82.4 cm³/mol. The van der Waals surface area contributed by atoms with Crippen molar-refractivity contribution in [2.75, 3.05) is 0 Å². The molecule has 3 heteroatoms. The molecule has 108 valence electrons. The summed E-state index contributed by atoms with van der Waals surface area (Å²) in [5, 5.41) is 0. The Morgan fingerprint density at radius 3 is 1.56 bits per heavy atom. The largest absolute Gasteiger partial charge is 0.413 e. The number of rotatable bonds is 5. The molecule has 0 radical (unpaired) electrons. The van der Waals surface area contributed by atoms with Crippen LogP contribution in [0.1, 0.15) is 67.2 Å². The van der Waals surface area contributed by atoms with Crippen LogP contribution < -0.4 is 5.73 Å². The molecule has 1 rings (SSSR count). The summed E-state index contributed by atoms with van der Waals surface area (Å²) in [6.07, 6.45) is 5.10. The van der Waals surface area contributed by atoms with Gasteiger partial charge in [0.25, 0.3) is 0 Å². The quantitative estimate of drug-likeness (QED) is 0.750. The van der Waals surface area contributed by atoms with Crippen molar-refractivity contribution in [3.8, 4) is 0 Å². The van der Waals surface area contributed by atoms with E-state index in [2.05, 4.69) is 41.5 Å². The summed E-state index contributed by atoms with van der Waals surface area (Å²) in [5.41, 5.74) is 8.06. The van der Waals surface area contributed by atoms with Crippen LogP contribution in [0.5, 0.6) is 0 Å². The lowest BCUT2D eigenvalue weighted by Crippen LogP contribution is -2.51. The Hall–Kier alpha value is 0.137. The van der Waals surface area contributed by atoms with Gasteiger partial charge in [0.15, 0.2) is 0 Å². The zero-order valence-electron chi connectivity index (χ0n) is 13.2. The molecule has 0 bridgehead atoms. The third-order valence-electron chi connectivity index (χ3n) is 4.80. The summed E-state index contributed by atoms with van der Waals surface area (Å²) < 4.78 is 6.80. The topological polar surface area (TPSA) is 35.2 Å². The molecule has 2 N–H and O–H groups in total. The summed E-state index contributed by atoms with van der Waals surface area (Å²) in [7, 11) is -1.68. The fourth-order valence-corrected chi connectivity index (χ4v) is 9.53. The Bertz CT molecular complexity index is 223. The molecule has 1 saturated carbocycles. The first-order valence-corrected chi connectivity index (χ1v) is 9.88. The maximum atomic E-state index is 6.80. The van der Waals surface area contributed by atoms with Gasteiger partial charge in [0, 0.05) is 12.1 Å². The SMILES string of the molecule is CC(C)[Si](OC1CCC(N)CC1)(C(C)C)C(C)C. The highest BCUT2D eigenvalue weighted by molar-refractivity contribution is 6.77. The highest BCUT2D eigenvalue weighted by atomic mass is 28.4. The number of hydrogen-bond acceptors (Lipinski definition) is 2. The van der Waals surface area contributed by atoms with Crippen molar-refractivity contribution in [1.29, 1.82) is 0 Å². The molecule has 1 fully saturated rings. The minimum atomic E-state index is -1.68. The highest BCUT2D eigenvalue weighted by Crippen LogP contribution is 2.44. The zero-order chi connectivity index (χ0) is 13.9. The molecule has 0 aromatic rings. The summed E-state index contributed by atoms with van der Waals surface area (Å²) >= 11 is 0. The normalized spacial score (nSPS) is 26.3. The van der Waals surface area contributed by atoms with Gasteiger partial charge in [-0.1, -0.05) is 41.5 Å². The molecule has 0 aromatic carbocycles. The Morgan fingerprint density at radius 2 is 1.22 bits per heavy atom. The van der Waals surface area contributed by atoms with Crippen molar-refractivity contribution in [1.82, 2.24) is 0 Å². The fourth-order valence-electron chi connectivity index (χ4n) is 3.90. The molecule has 0 heterocycles. The Kier molecular flexibility index (Phi) is 5.88. The molecule has 0 amide bonds. The highest BCUT2D eigenvalue weighted by Gasteiger charge is 2.46. The van der Waals surface area contributed by atoms with Crippen LogP contribution in [0.25, 0.3) is 0 Å². The van der Waals surface area contributed by atoms with Gasteiger partial charge < -0.3 is 10.2 Å². The first-order valence-electron chi connectivity index (χ1n) is 7.74. The molecule has 0 unspecified atom stereocenters. The van der Waals surface area contributed by atoms with Crippen LogP contribution in [0, 0.1) is 0 Å². The molecule has 1 aliphatic rings. The average Bonchev–Trinajstić information content (AvgIpc) is 2.26. The lowest BCUT2D eigenvalue weighted by atomic mass is 9.94. The van der Waals surface area contributed by atoms with Crippen LogP contribution in [-0.2, 0) is 4.43 Å². The molecule has 0 saturated heterocycles. The van der Waals surface area contributed by atoms with Gasteiger partial charge in [-0.3, -0.25) is 0 Å². The van der Waals surface area contributed by atoms with Crippen LogP contribution in [0.3, 0.4) is 0 Å². The second-order valence-corrected chi connectivity index (χ2v) is 12.4. The van der Waals surface area contributed by atoms with Crippen molar-refractivity contribution < 1.29 is 4.43 Å². The van der Waals surface area contributed by atoms with E-state index in [-0.39, 0.29) is 0 Å². The van der Waals surface area contributed by atoms with Crippen LogP contribution in [0.15, 0.2) is 0 Å². The Labute approximate surface area is 115 Å². The van der Waals surface area contributed by atoms with E-state index in [1.54, 1.807) is 0 Å². The maximum absolute atomic E-state index is 6.80. The molecule has 2 nitrogen and oxygen atoms in total. The smallest absolute Gasteiger partial charge is 0.200 e. The number of nitrogens with two attached hydrogens (primary N) is 1. The monoisotopic (exact) mass is 271 g/mol. The van der Waals surface area contributed by atoms with E-state index < -0.39 is 8.32 Å². The van der Waals surface area contributed by atoms with Crippen molar-refractivity contribution in [3.05, 3.63) is 0 Å². The van der Waals surface area contributed by atoms with Gasteiger partial charge in [0.1, 0.15) is 0 Å². The fraction of sp³-hybridized carbons (Fsp3) is 1.00. The van der Waals surface area contributed by atoms with Crippen LogP contribution in [0.4, 0.5) is 0 Å². The zero-order valence-corrected chi connectivity index (χ0v) is 14.2. The molecule has 0 atom stereocenters. The third-order valence-corrected chi connectivity index (χ3v) is 11.0. The van der Waals surface area contributed by atoms with Gasteiger partial charge in [-0.25, -0.2) is 0 Å². The molecule has 0 aliphatic heterocycles. The molecule has 18 heavy (non-hydrogen) atoms. The van der Waals surface area contributed by atoms with Crippen molar-refractivity contribution >= 4 is 8.32 Å². The van der Waals surface area contributed by atoms with E-state index in [0.29, 0.717) is 28.8 Å². The molecular weight excluding hydrogens is 238 g/mol. The van der Waals surface area contributed by atoms with Crippen molar-refractivity contribution in [2.24, 2.45) is 5.73 Å². The van der Waals surface area contributed by atoms with Gasteiger partial charge in [-0.2, -0.15) is 0 Å². The predicted octanol–water partition coefficient (Wildman–Crippen LogP) is 4.45. The van der Waals surface area contributed by atoms with E-state index in [1.807, 2.05) is 0 Å². The minimum Gasteiger partial charge on any atom is -0.413 e. The standard InChI is InChI=1S/C15H33NOSi/c1-11(2)18(12(3)4,13(5)6)17-15-9-7-14(16)8-10-15/h11-15H,7-10,16H2,1-6H3. The van der Waals surface area contributed by atoms with E-state index in [4.69, 9.17) is 10.2 Å². The molecular formula is C15H33NOSi. The van der Waals surface area contributed by atoms with E-state index >= 15 is 0 Å². The van der Waals surface area contributed by atoms with Gasteiger partial charge in [0.2, 0.25) is 8.32 Å². The van der Waals surface area contributed by atoms with Crippen LogP contribution >= 0.6 is 0 Å². The van der Waals surface area contributed by atoms with Crippen molar-refractivity contribution in [3.63, 3.8) is 0 Å². The lowest BCUT2D eigenvalue weighted by Gasteiger charge is -2.45. The van der Waals surface area contributed by atoms with Gasteiger partial charge >= 0.3 is 0 Å². The van der Waals surface area contributed by atoms with Crippen LogP contribution in [-0.4, -0.2) is 20.5 Å². The lowest BCUT2D eigenvalue weighted by molar-refractivity contribution is 0.125. The summed E-state index contributed by atoms with van der Waals surface area (Å²) in [4.78, 5) is 0. The third kappa shape index (κ3) is 3.37. The maximum Gasteiger partial charge on any atom is 0.200 e. The second kappa shape index (κ2) is 6.53. The van der Waals surface area contributed by atoms with E-state index in [9.17, 15) is 0 Å². The first kappa shape index (κ1) is 16.2. The van der Waals surface area contributed by atoms with Crippen molar-refractivity contribution in [2.45, 2.75) is 96.0 Å². The Balaban J connectivity index is 2.78. The molecule has 0 spiro atoms. The van der Waals surface area contributed by atoms with E-state index in [1.165, 1.54) is 12.8 Å². The average molecular weight is 272 g/mol. The summed E-state index contributed by atoms with van der Waals surface area (Å²) in [6.45, 7) is 14.2. The van der Waals surface area contributed by atoms with Gasteiger partial charge in [-0.05, 0) is 42.3 Å². The van der Waals surface area contributed by atoms with E-state index in [0.717, 1.165) is 12.8 Å².